The highest BCUT2D eigenvalue weighted by molar-refractivity contribution is 8.77. The van der Waals surface area contributed by atoms with Gasteiger partial charge in [-0.3, -0.25) is 4.21 Å². The summed E-state index contributed by atoms with van der Waals surface area (Å²) in [4.78, 5) is 0. The van der Waals surface area contributed by atoms with Crippen molar-refractivity contribution in [2.45, 2.75) is 17.7 Å². The van der Waals surface area contributed by atoms with Crippen LogP contribution in [-0.4, -0.2) is 17.1 Å². The van der Waals surface area contributed by atoms with Crippen LogP contribution >= 0.6 is 21.6 Å². The van der Waals surface area contributed by atoms with Crippen molar-refractivity contribution in [2.75, 3.05) is 12.9 Å². The summed E-state index contributed by atoms with van der Waals surface area (Å²) in [6.45, 7) is 0. The first-order valence-corrected chi connectivity index (χ1v) is 11.8. The van der Waals surface area contributed by atoms with Crippen molar-refractivity contribution >= 4 is 32.4 Å². The summed E-state index contributed by atoms with van der Waals surface area (Å²) in [7, 11) is 3.69. The summed E-state index contributed by atoms with van der Waals surface area (Å²) in [5, 5.41) is 1.88. The van der Waals surface area contributed by atoms with Crippen LogP contribution in [0.15, 0.2) is 60.0 Å². The van der Waals surface area contributed by atoms with Crippen molar-refractivity contribution in [1.82, 2.24) is 0 Å². The molecule has 2 nitrogen and oxygen atoms in total. The maximum Gasteiger partial charge on any atom is 0.416 e. The van der Waals surface area contributed by atoms with Crippen molar-refractivity contribution in [3.05, 3.63) is 76.7 Å². The lowest BCUT2D eigenvalue weighted by atomic mass is 10.1. The van der Waals surface area contributed by atoms with Crippen LogP contribution in [0.1, 0.15) is 16.7 Å². The van der Waals surface area contributed by atoms with E-state index in [4.69, 9.17) is 4.74 Å². The highest BCUT2D eigenvalue weighted by Crippen LogP contribution is 2.29. The maximum absolute atomic E-state index is 12.5. The molecule has 0 aromatic heterocycles. The van der Waals surface area contributed by atoms with Crippen molar-refractivity contribution in [2.24, 2.45) is 0 Å². The van der Waals surface area contributed by atoms with E-state index in [0.717, 1.165) is 29.2 Å². The van der Waals surface area contributed by atoms with Crippen molar-refractivity contribution in [1.29, 1.82) is 0 Å². The Balaban J connectivity index is 1.69. The van der Waals surface area contributed by atoms with Gasteiger partial charge in [-0.1, -0.05) is 51.9 Å². The van der Waals surface area contributed by atoms with Crippen molar-refractivity contribution in [3.63, 3.8) is 0 Å². The van der Waals surface area contributed by atoms with E-state index in [1.807, 2.05) is 35.7 Å². The van der Waals surface area contributed by atoms with Gasteiger partial charge in [-0.05, 0) is 40.8 Å². The van der Waals surface area contributed by atoms with E-state index >= 15 is 0 Å². The maximum atomic E-state index is 12.5. The van der Waals surface area contributed by atoms with Crippen LogP contribution in [0.5, 0.6) is 5.75 Å². The van der Waals surface area contributed by atoms with Gasteiger partial charge in [-0.25, -0.2) is 0 Å². The predicted octanol–water partition coefficient (Wildman–Crippen LogP) is 6.06. The number of hydrogen-bond donors (Lipinski definition) is 0. The van der Waals surface area contributed by atoms with Crippen LogP contribution in [0.3, 0.4) is 0 Å². The molecule has 146 valence electrons. The highest BCUT2D eigenvalue weighted by Gasteiger charge is 2.29. The third-order valence-electron chi connectivity index (χ3n) is 3.47. The molecule has 0 aliphatic rings. The van der Waals surface area contributed by atoms with Gasteiger partial charge in [-0.2, -0.15) is 13.2 Å². The Bertz CT molecular complexity index is 775. The summed E-state index contributed by atoms with van der Waals surface area (Å²) in [5.41, 5.74) is 1.10. The summed E-state index contributed by atoms with van der Waals surface area (Å²) >= 11 is 0. The molecule has 1 unspecified atom stereocenters. The van der Waals surface area contributed by atoms with Crippen LogP contribution < -0.4 is 4.74 Å². The second-order valence-corrected chi connectivity index (χ2v) is 9.30. The van der Waals surface area contributed by atoms with Gasteiger partial charge in [0.05, 0.1) is 12.7 Å². The molecule has 0 radical (unpaired) electrons. The molecule has 0 aliphatic heterocycles. The first-order valence-electron chi connectivity index (χ1n) is 7.96. The van der Waals surface area contributed by atoms with Crippen LogP contribution in [0, 0.1) is 0 Å². The largest absolute Gasteiger partial charge is 0.497 e. The summed E-state index contributed by atoms with van der Waals surface area (Å²) in [6.07, 6.45) is -2.52. The zero-order valence-corrected chi connectivity index (χ0v) is 17.0. The molecule has 0 fully saturated rings. The summed E-state index contributed by atoms with van der Waals surface area (Å²) in [5.74, 6) is 2.26. The van der Waals surface area contributed by atoms with E-state index in [0.29, 0.717) is 11.3 Å². The Kier molecular flexibility index (Phi) is 8.79. The molecule has 8 heteroatoms. The molecule has 0 saturated heterocycles. The molecule has 0 N–H and O–H groups in total. The molecule has 0 heterocycles. The molecular weight excluding hydrogens is 413 g/mol. The average Bonchev–Trinajstić information content (AvgIpc) is 2.64. The number of alkyl halides is 3. The van der Waals surface area contributed by atoms with Crippen LogP contribution in [0.2, 0.25) is 0 Å². The summed E-state index contributed by atoms with van der Waals surface area (Å²) in [6, 6.07) is 12.6. The van der Waals surface area contributed by atoms with Gasteiger partial charge in [0.15, 0.2) is 0 Å². The number of hydrogen-bond acceptors (Lipinski definition) is 4. The predicted molar refractivity (Wildman–Crippen MR) is 109 cm³/mol. The molecule has 2 aromatic rings. The fourth-order valence-electron chi connectivity index (χ4n) is 2.12. The van der Waals surface area contributed by atoms with Crippen molar-refractivity contribution in [3.8, 4) is 5.75 Å². The van der Waals surface area contributed by atoms with Gasteiger partial charge in [0, 0.05) is 28.1 Å². The van der Waals surface area contributed by atoms with Crippen LogP contribution in [0.25, 0.3) is 0 Å². The normalized spacial score (nSPS) is 13.0. The molecular formula is C19H19F3O2S3. The zero-order valence-electron chi connectivity index (χ0n) is 14.6. The summed E-state index contributed by atoms with van der Waals surface area (Å²) < 4.78 is 54.8. The van der Waals surface area contributed by atoms with E-state index in [1.54, 1.807) is 28.7 Å². The third-order valence-corrected chi connectivity index (χ3v) is 6.68. The minimum absolute atomic E-state index is 0.240. The van der Waals surface area contributed by atoms with Gasteiger partial charge in [0.25, 0.3) is 0 Å². The Morgan fingerprint density at radius 1 is 1.11 bits per heavy atom. The lowest BCUT2D eigenvalue weighted by Crippen LogP contribution is -2.05. The molecule has 0 saturated carbocycles. The fourth-order valence-corrected chi connectivity index (χ4v) is 4.96. The molecule has 0 aliphatic carbocycles. The minimum atomic E-state index is -4.35. The number of benzene rings is 2. The molecule has 0 amide bonds. The number of methoxy groups -OCH3 is 1. The fraction of sp³-hybridized carbons (Fsp3) is 0.263. The van der Waals surface area contributed by atoms with Crippen LogP contribution in [0.4, 0.5) is 13.2 Å². The number of halogens is 3. The molecule has 1 atom stereocenters. The quantitative estimate of drug-likeness (QED) is 0.355. The Labute approximate surface area is 167 Å². The van der Waals surface area contributed by atoms with Gasteiger partial charge >= 0.3 is 6.18 Å². The second kappa shape index (κ2) is 10.8. The van der Waals surface area contributed by atoms with Gasteiger partial charge in [0.2, 0.25) is 0 Å². The third kappa shape index (κ3) is 8.02. The first kappa shape index (κ1) is 21.9. The van der Waals surface area contributed by atoms with Crippen molar-refractivity contribution < 1.29 is 22.1 Å². The molecule has 0 bridgehead atoms. The van der Waals surface area contributed by atoms with E-state index in [2.05, 4.69) is 0 Å². The van der Waals surface area contributed by atoms with Gasteiger partial charge in [0.1, 0.15) is 5.75 Å². The Hall–Kier alpha value is -1.38. The lowest BCUT2D eigenvalue weighted by molar-refractivity contribution is -0.137. The molecule has 27 heavy (non-hydrogen) atoms. The number of rotatable bonds is 9. The van der Waals surface area contributed by atoms with E-state index in [9.17, 15) is 17.4 Å². The SMILES string of the molecule is COc1cccc(CSSC=CCS(=O)Cc2ccc(C(F)(F)F)cc2)c1. The molecule has 2 aromatic carbocycles. The smallest absolute Gasteiger partial charge is 0.416 e. The van der Waals surface area contributed by atoms with Gasteiger partial charge in [-0.15, -0.1) is 0 Å². The van der Waals surface area contributed by atoms with E-state index in [-0.39, 0.29) is 5.75 Å². The average molecular weight is 433 g/mol. The Morgan fingerprint density at radius 3 is 2.52 bits per heavy atom. The van der Waals surface area contributed by atoms with Gasteiger partial charge < -0.3 is 4.74 Å². The lowest BCUT2D eigenvalue weighted by Gasteiger charge is -2.07. The topological polar surface area (TPSA) is 26.3 Å². The zero-order chi connectivity index (χ0) is 19.7. The standard InChI is InChI=1S/C19H19F3O2S3/c1-24-18-5-2-4-16(12-18)13-26-25-10-3-11-27(23)14-15-6-8-17(9-7-15)19(20,21)22/h2-10,12H,11,13-14H2,1H3. The van der Waals surface area contributed by atoms with E-state index < -0.39 is 22.5 Å². The monoisotopic (exact) mass is 432 g/mol. The number of ether oxygens (including phenoxy) is 1. The Morgan fingerprint density at radius 2 is 1.85 bits per heavy atom. The molecule has 2 rings (SSSR count). The van der Waals surface area contributed by atoms with E-state index in [1.165, 1.54) is 12.1 Å². The minimum Gasteiger partial charge on any atom is -0.497 e. The first-order chi connectivity index (χ1) is 12.9. The highest BCUT2D eigenvalue weighted by atomic mass is 33.1. The van der Waals surface area contributed by atoms with Crippen LogP contribution in [-0.2, 0) is 28.5 Å². The molecule has 0 spiro atoms. The second-order valence-electron chi connectivity index (χ2n) is 5.53.